The predicted molar refractivity (Wildman–Crippen MR) is 87.7 cm³/mol. The number of nitrogens with zero attached hydrogens (tertiary/aromatic N) is 2. The lowest BCUT2D eigenvalue weighted by atomic mass is 10.1. The Hall–Kier alpha value is -3.02. The van der Waals surface area contributed by atoms with Gasteiger partial charge in [0.05, 0.1) is 5.56 Å². The lowest BCUT2D eigenvalue weighted by molar-refractivity contribution is 0.0696. The maximum Gasteiger partial charge on any atom is 0.335 e. The van der Waals surface area contributed by atoms with Crippen LogP contribution < -0.4 is 10.2 Å². The van der Waals surface area contributed by atoms with Crippen molar-refractivity contribution in [2.45, 2.75) is 6.23 Å². The van der Waals surface area contributed by atoms with Crippen molar-refractivity contribution in [3.63, 3.8) is 0 Å². The second-order valence-corrected chi connectivity index (χ2v) is 5.45. The number of aromatic carboxylic acids is 1. The first-order valence-corrected chi connectivity index (χ1v) is 7.16. The van der Waals surface area contributed by atoms with Crippen molar-refractivity contribution in [3.8, 4) is 0 Å². The Morgan fingerprint density at radius 3 is 2.74 bits per heavy atom. The summed E-state index contributed by atoms with van der Waals surface area (Å²) in [6.45, 7) is 0. The molecule has 23 heavy (non-hydrogen) atoms. The van der Waals surface area contributed by atoms with E-state index >= 15 is 0 Å². The summed E-state index contributed by atoms with van der Waals surface area (Å²) in [6.07, 6.45) is -0.390. The molecule has 2 aromatic carbocycles. The van der Waals surface area contributed by atoms with Crippen molar-refractivity contribution >= 4 is 17.5 Å². The number of hydrogen-bond acceptors (Lipinski definition) is 5. The van der Waals surface area contributed by atoms with Crippen LogP contribution in [0.1, 0.15) is 27.7 Å². The molecule has 0 aliphatic carbocycles. The molecule has 0 radical (unpaired) electrons. The van der Waals surface area contributed by atoms with E-state index in [-0.39, 0.29) is 5.56 Å². The molecule has 0 bridgehead atoms. The Morgan fingerprint density at radius 2 is 2.00 bits per heavy atom. The standard InChI is InChI=1S/C17H17N3O3/c1-20(2)14-8-4-6-12(10-14)16-18-15(19-23-16)11-5-3-7-13(9-11)17(21)22/h3-10,16H,1-2H3,(H,18,19)(H,21,22). The number of benzene rings is 2. The Morgan fingerprint density at radius 1 is 1.22 bits per heavy atom. The largest absolute Gasteiger partial charge is 0.478 e. The molecule has 0 spiro atoms. The van der Waals surface area contributed by atoms with Crippen molar-refractivity contribution in [2.75, 3.05) is 19.0 Å². The van der Waals surface area contributed by atoms with Gasteiger partial charge in [-0.05, 0) is 24.3 Å². The van der Waals surface area contributed by atoms with Crippen LogP contribution >= 0.6 is 0 Å². The molecule has 2 N–H and O–H groups in total. The summed E-state index contributed by atoms with van der Waals surface area (Å²) in [6, 6.07) is 14.5. The maximum absolute atomic E-state index is 11.1. The molecule has 3 rings (SSSR count). The fourth-order valence-electron chi connectivity index (χ4n) is 2.33. The summed E-state index contributed by atoms with van der Waals surface area (Å²) in [7, 11) is 3.95. The molecule has 6 nitrogen and oxygen atoms in total. The number of hydrogen-bond donors (Lipinski definition) is 2. The highest BCUT2D eigenvalue weighted by molar-refractivity contribution is 6.01. The van der Waals surface area contributed by atoms with Crippen LogP contribution in [-0.4, -0.2) is 31.0 Å². The molecular formula is C17H17N3O3. The van der Waals surface area contributed by atoms with Gasteiger partial charge in [-0.2, -0.15) is 0 Å². The van der Waals surface area contributed by atoms with Crippen LogP contribution in [0.15, 0.2) is 53.7 Å². The second-order valence-electron chi connectivity index (χ2n) is 5.45. The van der Waals surface area contributed by atoms with E-state index in [4.69, 9.17) is 9.94 Å². The normalized spacial score (nSPS) is 16.3. The number of oxime groups is 1. The molecule has 0 saturated carbocycles. The van der Waals surface area contributed by atoms with Crippen LogP contribution in [0.2, 0.25) is 0 Å². The van der Waals surface area contributed by atoms with E-state index in [1.807, 2.05) is 43.3 Å². The van der Waals surface area contributed by atoms with Gasteiger partial charge in [-0.25, -0.2) is 4.79 Å². The smallest absolute Gasteiger partial charge is 0.335 e. The first-order chi connectivity index (χ1) is 11.0. The summed E-state index contributed by atoms with van der Waals surface area (Å²) < 4.78 is 0. The van der Waals surface area contributed by atoms with Crippen molar-refractivity contribution < 1.29 is 14.7 Å². The third kappa shape index (κ3) is 3.11. The van der Waals surface area contributed by atoms with E-state index in [0.717, 1.165) is 11.3 Å². The molecule has 1 atom stereocenters. The van der Waals surface area contributed by atoms with E-state index in [0.29, 0.717) is 11.4 Å². The first kappa shape index (κ1) is 14.9. The monoisotopic (exact) mass is 311 g/mol. The van der Waals surface area contributed by atoms with Crippen LogP contribution in [0.3, 0.4) is 0 Å². The lowest BCUT2D eigenvalue weighted by Crippen LogP contribution is -2.24. The van der Waals surface area contributed by atoms with E-state index in [1.54, 1.807) is 24.3 Å². The number of carboxylic acid groups (broad SMARTS) is 1. The summed E-state index contributed by atoms with van der Waals surface area (Å²) in [5.74, 6) is -0.449. The molecule has 0 aromatic heterocycles. The fraction of sp³-hybridized carbons (Fsp3) is 0.176. The molecular weight excluding hydrogens is 294 g/mol. The highest BCUT2D eigenvalue weighted by Crippen LogP contribution is 2.24. The van der Waals surface area contributed by atoms with Crippen molar-refractivity contribution in [1.29, 1.82) is 0 Å². The van der Waals surface area contributed by atoms with Gasteiger partial charge in [0.1, 0.15) is 0 Å². The zero-order chi connectivity index (χ0) is 16.4. The maximum atomic E-state index is 11.1. The van der Waals surface area contributed by atoms with Crippen molar-refractivity contribution in [2.24, 2.45) is 5.16 Å². The number of nitrogens with one attached hydrogen (secondary N) is 1. The fourth-order valence-corrected chi connectivity index (χ4v) is 2.33. The summed E-state index contributed by atoms with van der Waals surface area (Å²) >= 11 is 0. The lowest BCUT2D eigenvalue weighted by Gasteiger charge is -2.16. The quantitative estimate of drug-likeness (QED) is 0.907. The molecule has 0 fully saturated rings. The molecule has 1 aliphatic rings. The van der Waals surface area contributed by atoms with Gasteiger partial charge in [0.15, 0.2) is 5.84 Å². The predicted octanol–water partition coefficient (Wildman–Crippen LogP) is 2.43. The molecule has 1 aliphatic heterocycles. The minimum atomic E-state index is -0.971. The van der Waals surface area contributed by atoms with Gasteiger partial charge in [0.25, 0.3) is 0 Å². The number of amidine groups is 1. The van der Waals surface area contributed by atoms with E-state index < -0.39 is 12.2 Å². The van der Waals surface area contributed by atoms with Crippen molar-refractivity contribution in [3.05, 3.63) is 65.2 Å². The van der Waals surface area contributed by atoms with Gasteiger partial charge in [-0.3, -0.25) is 0 Å². The second kappa shape index (κ2) is 6.00. The zero-order valence-corrected chi connectivity index (χ0v) is 12.9. The van der Waals surface area contributed by atoms with E-state index in [1.165, 1.54) is 0 Å². The number of carboxylic acids is 1. The molecule has 1 unspecified atom stereocenters. The highest BCUT2D eigenvalue weighted by atomic mass is 16.7. The average Bonchev–Trinajstić information content (AvgIpc) is 3.05. The van der Waals surface area contributed by atoms with Gasteiger partial charge in [-0.1, -0.05) is 29.4 Å². The van der Waals surface area contributed by atoms with Crippen LogP contribution in [-0.2, 0) is 4.84 Å². The highest BCUT2D eigenvalue weighted by Gasteiger charge is 2.23. The molecule has 0 saturated heterocycles. The van der Waals surface area contributed by atoms with Crippen molar-refractivity contribution in [1.82, 2.24) is 5.32 Å². The SMILES string of the molecule is CN(C)c1cccc(C2NC(c3cccc(C(=O)O)c3)=NO2)c1. The van der Waals surface area contributed by atoms with E-state index in [2.05, 4.69) is 10.5 Å². The Bertz CT molecular complexity index is 771. The van der Waals surface area contributed by atoms with Gasteiger partial charge < -0.3 is 20.2 Å². The van der Waals surface area contributed by atoms with Crippen LogP contribution in [0.4, 0.5) is 5.69 Å². The Kier molecular flexibility index (Phi) is 3.89. The Labute approximate surface area is 134 Å². The van der Waals surface area contributed by atoms with E-state index in [9.17, 15) is 4.79 Å². The molecule has 6 heteroatoms. The third-order valence-corrected chi connectivity index (χ3v) is 3.59. The zero-order valence-electron chi connectivity index (χ0n) is 12.9. The molecule has 1 heterocycles. The van der Waals surface area contributed by atoms with Gasteiger partial charge in [-0.15, -0.1) is 0 Å². The molecule has 118 valence electrons. The minimum Gasteiger partial charge on any atom is -0.478 e. The molecule has 2 aromatic rings. The topological polar surface area (TPSA) is 74.2 Å². The number of rotatable bonds is 4. The van der Waals surface area contributed by atoms with Crippen LogP contribution in [0.5, 0.6) is 0 Å². The van der Waals surface area contributed by atoms with Gasteiger partial charge in [0, 0.05) is 30.9 Å². The minimum absolute atomic E-state index is 0.213. The first-order valence-electron chi connectivity index (χ1n) is 7.16. The van der Waals surface area contributed by atoms with Crippen LogP contribution in [0.25, 0.3) is 0 Å². The third-order valence-electron chi connectivity index (χ3n) is 3.59. The van der Waals surface area contributed by atoms with Crippen LogP contribution in [0, 0.1) is 0 Å². The average molecular weight is 311 g/mol. The summed E-state index contributed by atoms with van der Waals surface area (Å²) in [4.78, 5) is 18.5. The van der Waals surface area contributed by atoms with Gasteiger partial charge >= 0.3 is 5.97 Å². The molecule has 0 amide bonds. The number of carbonyl (C=O) groups is 1. The Balaban J connectivity index is 1.79. The summed E-state index contributed by atoms with van der Waals surface area (Å²) in [5.41, 5.74) is 2.90. The summed E-state index contributed by atoms with van der Waals surface area (Å²) in [5, 5.41) is 16.3. The number of anilines is 1. The van der Waals surface area contributed by atoms with Gasteiger partial charge in [0.2, 0.25) is 6.23 Å².